The van der Waals surface area contributed by atoms with Crippen LogP contribution in [0.5, 0.6) is 0 Å². The van der Waals surface area contributed by atoms with E-state index in [1.165, 1.54) is 89.9 Å². The van der Waals surface area contributed by atoms with Crippen molar-refractivity contribution >= 4 is 5.91 Å². The van der Waals surface area contributed by atoms with Crippen molar-refractivity contribution in [3.63, 3.8) is 0 Å². The van der Waals surface area contributed by atoms with Crippen LogP contribution in [0.2, 0.25) is 0 Å². The molecule has 0 aliphatic rings. The molecule has 1 amide bonds. The Morgan fingerprint density at radius 1 is 0.641 bits per heavy atom. The molecule has 0 radical (unpaired) electrons. The van der Waals surface area contributed by atoms with Gasteiger partial charge in [-0.15, -0.1) is 0 Å². The molecule has 5 nitrogen and oxygen atoms in total. The summed E-state index contributed by atoms with van der Waals surface area (Å²) in [5, 5.41) is 32.7. The zero-order chi connectivity index (χ0) is 28.8. The van der Waals surface area contributed by atoms with Gasteiger partial charge in [0, 0.05) is 0 Å². The number of amides is 1. The Kier molecular flexibility index (Phi) is 28.5. The van der Waals surface area contributed by atoms with Crippen molar-refractivity contribution in [2.24, 2.45) is 0 Å². The Bertz CT molecular complexity index is 616. The summed E-state index contributed by atoms with van der Waals surface area (Å²) >= 11 is 0. The average Bonchev–Trinajstić information content (AvgIpc) is 2.94. The van der Waals surface area contributed by atoms with Crippen molar-refractivity contribution in [1.29, 1.82) is 0 Å². The first kappa shape index (κ1) is 37.6. The van der Waals surface area contributed by atoms with Gasteiger partial charge in [-0.25, -0.2) is 0 Å². The Balaban J connectivity index is 3.90. The molecule has 4 N–H and O–H groups in total. The van der Waals surface area contributed by atoms with E-state index in [4.69, 9.17) is 0 Å². The summed E-state index contributed by atoms with van der Waals surface area (Å²) in [5.74, 6) is -0.523. The van der Waals surface area contributed by atoms with Crippen LogP contribution in [-0.4, -0.2) is 46.1 Å². The molecule has 0 fully saturated rings. The molecule has 0 aromatic heterocycles. The molecule has 0 spiro atoms. The van der Waals surface area contributed by atoms with Crippen molar-refractivity contribution in [1.82, 2.24) is 5.32 Å². The fourth-order valence-corrected chi connectivity index (χ4v) is 4.61. The monoisotopic (exact) mass is 549 g/mol. The summed E-state index contributed by atoms with van der Waals surface area (Å²) in [4.78, 5) is 12.3. The van der Waals surface area contributed by atoms with E-state index in [0.717, 1.165) is 38.5 Å². The maximum absolute atomic E-state index is 12.3. The number of unbranched alkanes of at least 4 members (excludes halogenated alkanes) is 17. The normalized spacial score (nSPS) is 14.5. The standard InChI is InChI=1S/C34H63NO4/c1-3-5-7-9-11-13-15-17-19-20-22-24-26-28-32(37)31(30-36)35-34(39)33(38)29-27-25-23-21-18-16-14-12-10-8-6-4-2/h15,17,19-20,26,28,31-33,36-38H,3-14,16,18,21-25,27,29-30H2,1-2H3,(H,35,39)/b17-15+,20-19+,28-26+/t31-,32+,33+/m0/s1. The van der Waals surface area contributed by atoms with Crippen molar-refractivity contribution in [2.75, 3.05) is 6.61 Å². The second kappa shape index (κ2) is 29.6. The summed E-state index contributed by atoms with van der Waals surface area (Å²) in [7, 11) is 0. The molecular formula is C34H63NO4. The summed E-state index contributed by atoms with van der Waals surface area (Å²) in [6.07, 6.45) is 34.4. The topological polar surface area (TPSA) is 89.8 Å². The van der Waals surface area contributed by atoms with E-state index in [1.807, 2.05) is 6.08 Å². The number of aliphatic hydroxyl groups excluding tert-OH is 3. The van der Waals surface area contributed by atoms with Crippen molar-refractivity contribution in [3.8, 4) is 0 Å². The van der Waals surface area contributed by atoms with Crippen LogP contribution in [0.1, 0.15) is 149 Å². The van der Waals surface area contributed by atoms with E-state index >= 15 is 0 Å². The lowest BCUT2D eigenvalue weighted by molar-refractivity contribution is -0.131. The molecule has 0 heterocycles. The minimum Gasteiger partial charge on any atom is -0.394 e. The highest BCUT2D eigenvalue weighted by molar-refractivity contribution is 5.80. The highest BCUT2D eigenvalue weighted by Crippen LogP contribution is 2.13. The number of rotatable bonds is 28. The Labute approximate surface area is 241 Å². The number of hydrogen-bond donors (Lipinski definition) is 4. The highest BCUT2D eigenvalue weighted by atomic mass is 16.3. The molecule has 5 heteroatoms. The van der Waals surface area contributed by atoms with Gasteiger partial charge in [0.05, 0.1) is 18.8 Å². The third-order valence-electron chi connectivity index (χ3n) is 7.26. The zero-order valence-corrected chi connectivity index (χ0v) is 25.5. The lowest BCUT2D eigenvalue weighted by Crippen LogP contribution is -2.48. The molecule has 228 valence electrons. The van der Waals surface area contributed by atoms with E-state index in [9.17, 15) is 20.1 Å². The highest BCUT2D eigenvalue weighted by Gasteiger charge is 2.22. The minimum absolute atomic E-state index is 0.383. The predicted molar refractivity (Wildman–Crippen MR) is 167 cm³/mol. The Morgan fingerprint density at radius 3 is 1.64 bits per heavy atom. The molecule has 39 heavy (non-hydrogen) atoms. The second-order valence-electron chi connectivity index (χ2n) is 11.0. The number of nitrogens with one attached hydrogen (secondary N) is 1. The maximum Gasteiger partial charge on any atom is 0.249 e. The molecular weight excluding hydrogens is 486 g/mol. The third kappa shape index (κ3) is 25.3. The van der Waals surface area contributed by atoms with Crippen LogP contribution in [0.25, 0.3) is 0 Å². The smallest absolute Gasteiger partial charge is 0.249 e. The lowest BCUT2D eigenvalue weighted by Gasteiger charge is -2.21. The van der Waals surface area contributed by atoms with Crippen LogP contribution in [0.15, 0.2) is 36.5 Å². The van der Waals surface area contributed by atoms with Gasteiger partial charge < -0.3 is 20.6 Å². The van der Waals surface area contributed by atoms with Gasteiger partial charge in [-0.2, -0.15) is 0 Å². The molecule has 0 unspecified atom stereocenters. The number of carbonyl (C=O) groups is 1. The third-order valence-corrected chi connectivity index (χ3v) is 7.26. The van der Waals surface area contributed by atoms with Gasteiger partial charge in [-0.3, -0.25) is 4.79 Å². The van der Waals surface area contributed by atoms with Crippen LogP contribution in [0.4, 0.5) is 0 Å². The van der Waals surface area contributed by atoms with Gasteiger partial charge in [-0.05, 0) is 32.1 Å². The van der Waals surface area contributed by atoms with E-state index in [0.29, 0.717) is 6.42 Å². The zero-order valence-electron chi connectivity index (χ0n) is 25.5. The number of aliphatic hydroxyl groups is 3. The molecule has 0 saturated carbocycles. The van der Waals surface area contributed by atoms with Crippen LogP contribution < -0.4 is 5.32 Å². The summed E-state index contributed by atoms with van der Waals surface area (Å²) < 4.78 is 0. The van der Waals surface area contributed by atoms with E-state index < -0.39 is 24.2 Å². The van der Waals surface area contributed by atoms with E-state index in [2.05, 4.69) is 43.5 Å². The quantitative estimate of drug-likeness (QED) is 0.0451. The molecule has 0 aliphatic carbocycles. The van der Waals surface area contributed by atoms with Gasteiger partial charge in [-0.1, -0.05) is 153 Å². The van der Waals surface area contributed by atoms with Crippen LogP contribution in [0, 0.1) is 0 Å². The minimum atomic E-state index is -1.10. The molecule has 0 saturated heterocycles. The molecule has 0 bridgehead atoms. The summed E-state index contributed by atoms with van der Waals surface area (Å²) in [6.45, 7) is 4.10. The van der Waals surface area contributed by atoms with Crippen LogP contribution in [-0.2, 0) is 4.79 Å². The SMILES string of the molecule is CCCCCCC/C=C/C=C/CC/C=C/[C@@H](O)[C@H](CO)NC(=O)[C@H](O)CCCCCCCCCCCCCC. The van der Waals surface area contributed by atoms with Gasteiger partial charge in [0.1, 0.15) is 6.10 Å². The molecule has 0 rings (SSSR count). The average molecular weight is 550 g/mol. The summed E-state index contributed by atoms with van der Waals surface area (Å²) in [5.41, 5.74) is 0. The lowest BCUT2D eigenvalue weighted by atomic mass is 10.0. The van der Waals surface area contributed by atoms with Crippen molar-refractivity contribution in [3.05, 3.63) is 36.5 Å². The van der Waals surface area contributed by atoms with Crippen LogP contribution >= 0.6 is 0 Å². The summed E-state index contributed by atoms with van der Waals surface area (Å²) in [6, 6.07) is -0.818. The first-order chi connectivity index (χ1) is 19.1. The number of carbonyl (C=O) groups excluding carboxylic acids is 1. The number of hydrogen-bond acceptors (Lipinski definition) is 4. The van der Waals surface area contributed by atoms with Crippen molar-refractivity contribution < 1.29 is 20.1 Å². The molecule has 0 aromatic rings. The Hall–Kier alpha value is -1.43. The second-order valence-corrected chi connectivity index (χ2v) is 11.0. The van der Waals surface area contributed by atoms with Gasteiger partial charge in [0.15, 0.2) is 0 Å². The van der Waals surface area contributed by atoms with Gasteiger partial charge >= 0.3 is 0 Å². The largest absolute Gasteiger partial charge is 0.394 e. The predicted octanol–water partition coefficient (Wildman–Crippen LogP) is 8.09. The van der Waals surface area contributed by atoms with E-state index in [1.54, 1.807) is 6.08 Å². The van der Waals surface area contributed by atoms with E-state index in [-0.39, 0.29) is 6.61 Å². The fraction of sp³-hybridized carbons (Fsp3) is 0.794. The van der Waals surface area contributed by atoms with Crippen LogP contribution in [0.3, 0.4) is 0 Å². The molecule has 3 atom stereocenters. The molecule has 0 aliphatic heterocycles. The maximum atomic E-state index is 12.3. The fourth-order valence-electron chi connectivity index (χ4n) is 4.61. The van der Waals surface area contributed by atoms with Gasteiger partial charge in [0.2, 0.25) is 5.91 Å². The van der Waals surface area contributed by atoms with Crippen molar-refractivity contribution in [2.45, 2.75) is 167 Å². The Morgan fingerprint density at radius 2 is 1.10 bits per heavy atom. The first-order valence-electron chi connectivity index (χ1n) is 16.3. The first-order valence-corrected chi connectivity index (χ1v) is 16.3. The number of allylic oxidation sites excluding steroid dienone is 5. The molecule has 0 aromatic carbocycles. The van der Waals surface area contributed by atoms with Gasteiger partial charge in [0.25, 0.3) is 0 Å².